The molecular weight excluding hydrogens is 300 g/mol. The average Bonchev–Trinajstić information content (AvgIpc) is 3.18. The highest BCUT2D eigenvalue weighted by Gasteiger charge is 2.22. The number of nitrogens with zero attached hydrogens (tertiary/aromatic N) is 4. The molecule has 0 aliphatic carbocycles. The van der Waals surface area contributed by atoms with Gasteiger partial charge in [-0.1, -0.05) is 20.8 Å². The topological polar surface area (TPSA) is 57.5 Å². The summed E-state index contributed by atoms with van der Waals surface area (Å²) in [4.78, 5) is 11.7. The first kappa shape index (κ1) is 18.8. The van der Waals surface area contributed by atoms with Gasteiger partial charge < -0.3 is 15.2 Å². The fraction of sp³-hybridized carbons (Fsp3) is 0.778. The molecule has 1 aliphatic heterocycles. The number of likely N-dealkylation sites (N-methyl/N-ethyl adjacent to an activating group) is 1. The maximum absolute atomic E-state index is 4.73. The molecule has 2 rings (SSSR count). The lowest BCUT2D eigenvalue weighted by Gasteiger charge is -2.24. The molecule has 1 fully saturated rings. The van der Waals surface area contributed by atoms with E-state index in [1.807, 2.05) is 12.4 Å². The highest BCUT2D eigenvalue weighted by molar-refractivity contribution is 5.79. The van der Waals surface area contributed by atoms with Crippen LogP contribution in [0.4, 0.5) is 0 Å². The summed E-state index contributed by atoms with van der Waals surface area (Å²) in [6.45, 7) is 14.6. The van der Waals surface area contributed by atoms with Gasteiger partial charge in [0.2, 0.25) is 0 Å². The fourth-order valence-electron chi connectivity index (χ4n) is 3.30. The number of guanidine groups is 1. The SMILES string of the molecule is CCNC(=NCc1nccn1CC(C)C)NCC1CCCN1CC. The Kier molecular flexibility index (Phi) is 7.56. The zero-order valence-electron chi connectivity index (χ0n) is 15.8. The number of hydrogen-bond donors (Lipinski definition) is 2. The lowest BCUT2D eigenvalue weighted by atomic mass is 10.2. The van der Waals surface area contributed by atoms with E-state index in [2.05, 4.69) is 52.8 Å². The summed E-state index contributed by atoms with van der Waals surface area (Å²) in [7, 11) is 0. The molecule has 1 unspecified atom stereocenters. The van der Waals surface area contributed by atoms with Crippen LogP contribution in [0, 0.1) is 5.92 Å². The lowest BCUT2D eigenvalue weighted by molar-refractivity contribution is 0.267. The Bertz CT molecular complexity index is 507. The number of likely N-dealkylation sites (tertiary alicyclic amines) is 1. The molecule has 1 saturated heterocycles. The van der Waals surface area contributed by atoms with Crippen LogP contribution in [0.15, 0.2) is 17.4 Å². The van der Waals surface area contributed by atoms with Crippen molar-refractivity contribution in [2.24, 2.45) is 10.9 Å². The number of aliphatic imine (C=N–C) groups is 1. The van der Waals surface area contributed by atoms with Crippen molar-refractivity contribution >= 4 is 5.96 Å². The van der Waals surface area contributed by atoms with Crippen molar-refractivity contribution in [1.29, 1.82) is 0 Å². The Hall–Kier alpha value is -1.56. The van der Waals surface area contributed by atoms with Crippen LogP contribution in [0.1, 0.15) is 46.4 Å². The molecule has 0 saturated carbocycles. The number of rotatable bonds is 8. The van der Waals surface area contributed by atoms with E-state index in [1.165, 1.54) is 19.4 Å². The summed E-state index contributed by atoms with van der Waals surface area (Å²) < 4.78 is 2.20. The largest absolute Gasteiger partial charge is 0.357 e. The van der Waals surface area contributed by atoms with Gasteiger partial charge in [-0.3, -0.25) is 4.90 Å². The van der Waals surface area contributed by atoms with Crippen LogP contribution < -0.4 is 10.6 Å². The number of hydrogen-bond acceptors (Lipinski definition) is 3. The van der Waals surface area contributed by atoms with Crippen molar-refractivity contribution in [1.82, 2.24) is 25.1 Å². The zero-order chi connectivity index (χ0) is 17.4. The summed E-state index contributed by atoms with van der Waals surface area (Å²) in [5.74, 6) is 2.52. The Labute approximate surface area is 146 Å². The molecule has 0 spiro atoms. The Morgan fingerprint density at radius 3 is 2.92 bits per heavy atom. The van der Waals surface area contributed by atoms with Crippen LogP contribution >= 0.6 is 0 Å². The number of imidazole rings is 1. The third kappa shape index (κ3) is 5.51. The standard InChI is InChI=1S/C18H34N6/c1-5-19-18(21-12-16-8-7-10-23(16)6-2)22-13-17-20-9-11-24(17)14-15(3)4/h9,11,15-16H,5-8,10,12-14H2,1-4H3,(H2,19,21,22). The lowest BCUT2D eigenvalue weighted by Crippen LogP contribution is -2.44. The average molecular weight is 335 g/mol. The van der Waals surface area contributed by atoms with Gasteiger partial charge in [0.05, 0.1) is 0 Å². The van der Waals surface area contributed by atoms with Crippen molar-refractivity contribution in [3.05, 3.63) is 18.2 Å². The minimum absolute atomic E-state index is 0.607. The van der Waals surface area contributed by atoms with E-state index < -0.39 is 0 Å². The second-order valence-electron chi connectivity index (χ2n) is 6.89. The Morgan fingerprint density at radius 2 is 2.21 bits per heavy atom. The first-order valence-electron chi connectivity index (χ1n) is 9.40. The minimum atomic E-state index is 0.607. The molecule has 2 heterocycles. The van der Waals surface area contributed by atoms with E-state index >= 15 is 0 Å². The van der Waals surface area contributed by atoms with Gasteiger partial charge in [0.15, 0.2) is 5.96 Å². The summed E-state index contributed by atoms with van der Waals surface area (Å²) in [6.07, 6.45) is 6.49. The maximum Gasteiger partial charge on any atom is 0.191 e. The van der Waals surface area contributed by atoms with E-state index in [0.29, 0.717) is 18.5 Å². The van der Waals surface area contributed by atoms with Crippen LogP contribution in [0.5, 0.6) is 0 Å². The molecule has 1 aromatic rings. The van der Waals surface area contributed by atoms with Gasteiger partial charge in [0, 0.05) is 38.1 Å². The van der Waals surface area contributed by atoms with Gasteiger partial charge in [0.1, 0.15) is 12.4 Å². The van der Waals surface area contributed by atoms with E-state index in [0.717, 1.165) is 38.0 Å². The summed E-state index contributed by atoms with van der Waals surface area (Å²) in [5, 5.41) is 6.86. The van der Waals surface area contributed by atoms with Gasteiger partial charge in [-0.05, 0) is 38.8 Å². The van der Waals surface area contributed by atoms with Gasteiger partial charge in [-0.25, -0.2) is 9.98 Å². The molecule has 6 nitrogen and oxygen atoms in total. The monoisotopic (exact) mass is 334 g/mol. The second kappa shape index (κ2) is 9.67. The van der Waals surface area contributed by atoms with Crippen molar-refractivity contribution < 1.29 is 0 Å². The molecule has 0 amide bonds. The molecule has 6 heteroatoms. The minimum Gasteiger partial charge on any atom is -0.357 e. The number of nitrogens with one attached hydrogen (secondary N) is 2. The van der Waals surface area contributed by atoms with Crippen LogP contribution in [0.25, 0.3) is 0 Å². The zero-order valence-corrected chi connectivity index (χ0v) is 15.8. The first-order valence-corrected chi connectivity index (χ1v) is 9.40. The van der Waals surface area contributed by atoms with Crippen molar-refractivity contribution in [3.63, 3.8) is 0 Å². The normalized spacial score (nSPS) is 19.2. The maximum atomic E-state index is 4.73. The molecule has 1 aromatic heterocycles. The van der Waals surface area contributed by atoms with Crippen molar-refractivity contribution in [2.75, 3.05) is 26.2 Å². The van der Waals surface area contributed by atoms with Gasteiger partial charge in [0.25, 0.3) is 0 Å². The van der Waals surface area contributed by atoms with E-state index in [9.17, 15) is 0 Å². The molecule has 2 N–H and O–H groups in total. The summed E-state index contributed by atoms with van der Waals surface area (Å²) >= 11 is 0. The van der Waals surface area contributed by atoms with E-state index in [4.69, 9.17) is 4.99 Å². The Morgan fingerprint density at radius 1 is 1.38 bits per heavy atom. The van der Waals surface area contributed by atoms with Crippen LogP contribution in [0.3, 0.4) is 0 Å². The summed E-state index contributed by atoms with van der Waals surface area (Å²) in [6, 6.07) is 0.627. The predicted molar refractivity (Wildman–Crippen MR) is 100 cm³/mol. The summed E-state index contributed by atoms with van der Waals surface area (Å²) in [5.41, 5.74) is 0. The van der Waals surface area contributed by atoms with Gasteiger partial charge in [-0.15, -0.1) is 0 Å². The van der Waals surface area contributed by atoms with E-state index in [1.54, 1.807) is 0 Å². The second-order valence-corrected chi connectivity index (χ2v) is 6.89. The molecule has 0 aromatic carbocycles. The van der Waals surface area contributed by atoms with Crippen LogP contribution in [0.2, 0.25) is 0 Å². The first-order chi connectivity index (χ1) is 11.6. The molecule has 0 radical (unpaired) electrons. The molecule has 136 valence electrons. The third-order valence-electron chi connectivity index (χ3n) is 4.50. The molecule has 1 atom stereocenters. The van der Waals surface area contributed by atoms with Crippen molar-refractivity contribution in [3.8, 4) is 0 Å². The fourth-order valence-corrected chi connectivity index (χ4v) is 3.30. The highest BCUT2D eigenvalue weighted by atomic mass is 15.2. The van der Waals surface area contributed by atoms with E-state index in [-0.39, 0.29) is 0 Å². The third-order valence-corrected chi connectivity index (χ3v) is 4.50. The van der Waals surface area contributed by atoms with Crippen LogP contribution in [-0.4, -0.2) is 52.6 Å². The quantitative estimate of drug-likeness (QED) is 0.564. The van der Waals surface area contributed by atoms with Gasteiger partial charge in [-0.2, -0.15) is 0 Å². The smallest absolute Gasteiger partial charge is 0.191 e. The molecule has 1 aliphatic rings. The molecule has 24 heavy (non-hydrogen) atoms. The van der Waals surface area contributed by atoms with Gasteiger partial charge >= 0.3 is 0 Å². The van der Waals surface area contributed by atoms with Crippen LogP contribution in [-0.2, 0) is 13.1 Å². The van der Waals surface area contributed by atoms with Crippen molar-refractivity contribution in [2.45, 2.75) is 59.7 Å². The molecular formula is C18H34N6. The predicted octanol–water partition coefficient (Wildman–Crippen LogP) is 2.08. The number of aromatic nitrogens is 2. The highest BCUT2D eigenvalue weighted by Crippen LogP contribution is 2.15. The molecule has 0 bridgehead atoms. The Balaban J connectivity index is 1.92.